The van der Waals surface area contributed by atoms with Crippen molar-refractivity contribution < 1.29 is 9.59 Å². The normalized spacial score (nSPS) is 18.0. The Balaban J connectivity index is 1.54. The van der Waals surface area contributed by atoms with Gasteiger partial charge in [0.15, 0.2) is 0 Å². The van der Waals surface area contributed by atoms with Gasteiger partial charge in [0.2, 0.25) is 5.91 Å². The van der Waals surface area contributed by atoms with Crippen molar-refractivity contribution in [1.29, 1.82) is 0 Å². The van der Waals surface area contributed by atoms with Gasteiger partial charge in [0.25, 0.3) is 11.5 Å². The fourth-order valence-electron chi connectivity index (χ4n) is 4.41. The summed E-state index contributed by atoms with van der Waals surface area (Å²) in [6.45, 7) is 0.941. The number of anilines is 1. The highest BCUT2D eigenvalue weighted by Crippen LogP contribution is 2.26. The summed E-state index contributed by atoms with van der Waals surface area (Å²) in [7, 11) is 0. The molecule has 33 heavy (non-hydrogen) atoms. The van der Waals surface area contributed by atoms with E-state index in [1.165, 1.54) is 28.5 Å². The Morgan fingerprint density at radius 2 is 1.67 bits per heavy atom. The van der Waals surface area contributed by atoms with Crippen LogP contribution in [0.2, 0.25) is 0 Å². The predicted molar refractivity (Wildman–Crippen MR) is 128 cm³/mol. The average molecular weight is 445 g/mol. The number of amides is 2. The van der Waals surface area contributed by atoms with Crippen LogP contribution in [-0.2, 0) is 17.8 Å². The second-order valence-corrected chi connectivity index (χ2v) is 8.46. The van der Waals surface area contributed by atoms with Gasteiger partial charge in [-0.25, -0.2) is 0 Å². The van der Waals surface area contributed by atoms with Crippen LogP contribution in [0.4, 0.5) is 5.69 Å². The fraction of sp³-hybridized carbons (Fsp3) is 0.269. The Kier molecular flexibility index (Phi) is 6.88. The number of nitrogens with two attached hydrogens (primary N) is 1. The number of primary amides is 1. The maximum absolute atomic E-state index is 13.3. The predicted octanol–water partition coefficient (Wildman–Crippen LogP) is 2.52. The van der Waals surface area contributed by atoms with Gasteiger partial charge < -0.3 is 20.5 Å². The van der Waals surface area contributed by atoms with Crippen molar-refractivity contribution in [1.82, 2.24) is 9.47 Å². The van der Waals surface area contributed by atoms with Crippen molar-refractivity contribution in [3.8, 4) is 0 Å². The lowest BCUT2D eigenvalue weighted by Crippen LogP contribution is -2.49. The first kappa shape index (κ1) is 22.3. The second-order valence-electron chi connectivity index (χ2n) is 8.46. The highest BCUT2D eigenvalue weighted by Gasteiger charge is 2.32. The van der Waals surface area contributed by atoms with Crippen LogP contribution in [0.15, 0.2) is 83.8 Å². The van der Waals surface area contributed by atoms with Crippen molar-refractivity contribution in [3.63, 3.8) is 0 Å². The molecule has 0 aliphatic carbocycles. The Morgan fingerprint density at radius 1 is 0.970 bits per heavy atom. The maximum atomic E-state index is 13.3. The monoisotopic (exact) mass is 444 g/mol. The zero-order valence-corrected chi connectivity index (χ0v) is 18.4. The molecule has 0 saturated carbocycles. The largest absolute Gasteiger partial charge is 0.382 e. The molecule has 0 spiro atoms. The lowest BCUT2D eigenvalue weighted by molar-refractivity contribution is -0.118. The molecular formula is C26H28N4O3. The van der Waals surface area contributed by atoms with E-state index in [-0.39, 0.29) is 30.0 Å². The highest BCUT2D eigenvalue weighted by molar-refractivity contribution is 5.94. The van der Waals surface area contributed by atoms with E-state index in [1.807, 2.05) is 41.3 Å². The second kappa shape index (κ2) is 10.2. The third-order valence-electron chi connectivity index (χ3n) is 6.04. The number of hydrogen-bond donors (Lipinski definition) is 2. The standard InChI is InChI=1S/C26H28N4O3/c27-24(31)18-30-16-20(11-12-25(30)32)26(33)29-14-13-23(28-22-9-5-2-6-10-22)21(17-29)15-19-7-3-1-4-8-19/h1-12,16,21,23,28H,13-15,17-18H2,(H2,27,31)/t21-,23+/m0/s1. The SMILES string of the molecule is NC(=O)Cn1cc(C(=O)N2CC[C@@H](Nc3ccccc3)[C@@H](Cc3ccccc3)C2)ccc1=O. The molecule has 170 valence electrons. The lowest BCUT2D eigenvalue weighted by atomic mass is 9.86. The van der Waals surface area contributed by atoms with Crippen molar-refractivity contribution >= 4 is 17.5 Å². The number of benzene rings is 2. The number of aromatic nitrogens is 1. The summed E-state index contributed by atoms with van der Waals surface area (Å²) >= 11 is 0. The quantitative estimate of drug-likeness (QED) is 0.585. The van der Waals surface area contributed by atoms with Crippen LogP contribution in [0.5, 0.6) is 0 Å². The Morgan fingerprint density at radius 3 is 2.36 bits per heavy atom. The number of carbonyl (C=O) groups excluding carboxylic acids is 2. The minimum Gasteiger partial charge on any atom is -0.382 e. The number of likely N-dealkylation sites (tertiary alicyclic amines) is 1. The molecule has 3 aromatic rings. The molecule has 2 amide bonds. The van der Waals surface area contributed by atoms with Gasteiger partial charge in [-0.15, -0.1) is 0 Å². The first-order valence-corrected chi connectivity index (χ1v) is 11.1. The minimum atomic E-state index is -0.627. The van der Waals surface area contributed by atoms with Crippen molar-refractivity contribution in [2.75, 3.05) is 18.4 Å². The molecule has 4 rings (SSSR count). The van der Waals surface area contributed by atoms with Crippen molar-refractivity contribution in [3.05, 3.63) is 100 Å². The molecule has 2 aromatic carbocycles. The zero-order chi connectivity index (χ0) is 23.2. The number of piperidine rings is 1. The van der Waals surface area contributed by atoms with Crippen molar-refractivity contribution in [2.24, 2.45) is 11.7 Å². The first-order valence-electron chi connectivity index (χ1n) is 11.1. The molecule has 2 atom stereocenters. The topological polar surface area (TPSA) is 97.4 Å². The number of carbonyl (C=O) groups is 2. The van der Waals surface area contributed by atoms with Gasteiger partial charge in [-0.1, -0.05) is 48.5 Å². The molecular weight excluding hydrogens is 416 g/mol. The van der Waals surface area contributed by atoms with Crippen LogP contribution < -0.4 is 16.6 Å². The summed E-state index contributed by atoms with van der Waals surface area (Å²) in [5, 5.41) is 3.65. The average Bonchev–Trinajstić information content (AvgIpc) is 2.82. The molecule has 7 heteroatoms. The van der Waals surface area contributed by atoms with E-state index in [9.17, 15) is 14.4 Å². The van der Waals surface area contributed by atoms with Gasteiger partial charge in [-0.3, -0.25) is 14.4 Å². The highest BCUT2D eigenvalue weighted by atomic mass is 16.2. The number of para-hydroxylation sites is 1. The Bertz CT molecular complexity index is 1160. The van der Waals surface area contributed by atoms with Crippen LogP contribution in [-0.4, -0.2) is 40.4 Å². The Hall–Kier alpha value is -3.87. The molecule has 1 aromatic heterocycles. The molecule has 1 aliphatic rings. The number of pyridine rings is 1. The van der Waals surface area contributed by atoms with Gasteiger partial charge >= 0.3 is 0 Å². The molecule has 0 bridgehead atoms. The fourth-order valence-corrected chi connectivity index (χ4v) is 4.41. The van der Waals surface area contributed by atoms with Gasteiger partial charge in [-0.05, 0) is 36.6 Å². The van der Waals surface area contributed by atoms with Crippen LogP contribution >= 0.6 is 0 Å². The molecule has 1 saturated heterocycles. The summed E-state index contributed by atoms with van der Waals surface area (Å²) in [4.78, 5) is 38.4. The number of nitrogens with one attached hydrogen (secondary N) is 1. The van der Waals surface area contributed by atoms with E-state index in [0.29, 0.717) is 18.7 Å². The number of rotatable bonds is 7. The van der Waals surface area contributed by atoms with E-state index in [2.05, 4.69) is 29.6 Å². The van der Waals surface area contributed by atoms with Crippen LogP contribution in [0.25, 0.3) is 0 Å². The van der Waals surface area contributed by atoms with E-state index in [1.54, 1.807) is 0 Å². The Labute approximate surface area is 192 Å². The van der Waals surface area contributed by atoms with Gasteiger partial charge in [0.1, 0.15) is 6.54 Å². The van der Waals surface area contributed by atoms with Gasteiger partial charge in [-0.2, -0.15) is 0 Å². The molecule has 2 heterocycles. The summed E-state index contributed by atoms with van der Waals surface area (Å²) in [6.07, 6.45) is 3.07. The van der Waals surface area contributed by atoms with E-state index in [4.69, 9.17) is 5.73 Å². The van der Waals surface area contributed by atoms with E-state index in [0.717, 1.165) is 18.5 Å². The number of nitrogens with zero attached hydrogens (tertiary/aromatic N) is 2. The lowest BCUT2D eigenvalue weighted by Gasteiger charge is -2.39. The van der Waals surface area contributed by atoms with E-state index >= 15 is 0 Å². The molecule has 0 unspecified atom stereocenters. The summed E-state index contributed by atoms with van der Waals surface area (Å²) in [6, 6.07) is 23.4. The zero-order valence-electron chi connectivity index (χ0n) is 18.4. The third-order valence-corrected chi connectivity index (χ3v) is 6.04. The molecule has 1 aliphatic heterocycles. The minimum absolute atomic E-state index is 0.149. The molecule has 1 fully saturated rings. The molecule has 3 N–H and O–H groups in total. The smallest absolute Gasteiger partial charge is 0.255 e. The van der Waals surface area contributed by atoms with Crippen LogP contribution in [0, 0.1) is 5.92 Å². The summed E-state index contributed by atoms with van der Waals surface area (Å²) < 4.78 is 1.18. The van der Waals surface area contributed by atoms with Gasteiger partial charge in [0.05, 0.1) is 5.56 Å². The van der Waals surface area contributed by atoms with Crippen molar-refractivity contribution in [2.45, 2.75) is 25.4 Å². The first-order chi connectivity index (χ1) is 16.0. The van der Waals surface area contributed by atoms with Crippen LogP contribution in [0.3, 0.4) is 0 Å². The van der Waals surface area contributed by atoms with Crippen LogP contribution in [0.1, 0.15) is 22.3 Å². The maximum Gasteiger partial charge on any atom is 0.255 e. The summed E-state index contributed by atoms with van der Waals surface area (Å²) in [5.41, 5.74) is 7.54. The third kappa shape index (κ3) is 5.68. The number of hydrogen-bond acceptors (Lipinski definition) is 4. The summed E-state index contributed by atoms with van der Waals surface area (Å²) in [5.74, 6) is -0.566. The molecule has 7 nitrogen and oxygen atoms in total. The van der Waals surface area contributed by atoms with E-state index < -0.39 is 5.91 Å². The molecule has 0 radical (unpaired) electrons. The van der Waals surface area contributed by atoms with Gasteiger partial charge in [0, 0.05) is 43.0 Å².